The number of ether oxygens (including phenoxy) is 5. The maximum absolute atomic E-state index is 14.8. The van der Waals surface area contributed by atoms with Gasteiger partial charge in [-0.15, -0.1) is 0 Å². The standard InChI is InChI=1S/C35H50O8/c1-19(2)27-11-23-13-33(16-36)26-10-9-20(3)25(26)14-34(23,35(27,33)31(38)42-18-41-30(37)32(6,7)8)17-40-28-12-24-21(4)15-39-29(24)22(5)43-28/h11,16,19-20,22-26,28-29H,4,9-10,12-15,17-18H2,1-3,5-8H3/t20-,22-,23+,24-,25-,26-,28-,29-,33+,34+,35+/m1/s1. The average molecular weight is 599 g/mol. The van der Waals surface area contributed by atoms with Gasteiger partial charge in [0.15, 0.2) is 6.29 Å². The van der Waals surface area contributed by atoms with E-state index in [1.807, 2.05) is 6.92 Å². The summed E-state index contributed by atoms with van der Waals surface area (Å²) in [5.41, 5.74) is -1.43. The van der Waals surface area contributed by atoms with Crippen molar-refractivity contribution in [2.24, 2.45) is 57.2 Å². The smallest absolute Gasteiger partial charge is 0.320 e. The van der Waals surface area contributed by atoms with Crippen LogP contribution in [0.25, 0.3) is 0 Å². The minimum atomic E-state index is -1.19. The van der Waals surface area contributed by atoms with Crippen LogP contribution in [-0.2, 0) is 38.1 Å². The molecule has 11 atom stereocenters. The van der Waals surface area contributed by atoms with E-state index in [0.29, 0.717) is 31.3 Å². The summed E-state index contributed by atoms with van der Waals surface area (Å²) in [5, 5.41) is 0. The van der Waals surface area contributed by atoms with Gasteiger partial charge < -0.3 is 28.5 Å². The van der Waals surface area contributed by atoms with Gasteiger partial charge in [-0.2, -0.15) is 0 Å². The second-order valence-corrected chi connectivity index (χ2v) is 15.8. The highest BCUT2D eigenvalue weighted by Gasteiger charge is 2.84. The van der Waals surface area contributed by atoms with Crippen LogP contribution in [0.3, 0.4) is 0 Å². The molecule has 0 spiro atoms. The number of carbonyl (C=O) groups is 3. The highest BCUT2D eigenvalue weighted by molar-refractivity contribution is 5.91. The molecule has 0 aromatic carbocycles. The molecule has 43 heavy (non-hydrogen) atoms. The number of fused-ring (bicyclic) bond motifs is 3. The number of allylic oxidation sites excluding steroid dienone is 1. The molecule has 0 N–H and O–H groups in total. The van der Waals surface area contributed by atoms with E-state index in [1.165, 1.54) is 0 Å². The van der Waals surface area contributed by atoms with E-state index in [1.54, 1.807) is 20.8 Å². The van der Waals surface area contributed by atoms with Crippen LogP contribution < -0.4 is 0 Å². The van der Waals surface area contributed by atoms with Gasteiger partial charge in [-0.25, -0.2) is 0 Å². The zero-order chi connectivity index (χ0) is 31.1. The lowest BCUT2D eigenvalue weighted by Crippen LogP contribution is -2.64. The zero-order valence-electron chi connectivity index (χ0n) is 27.0. The molecule has 0 unspecified atom stereocenters. The SMILES string of the molecule is C=C1CO[C@H]2[C@@H]1C[C@H](OC[C@@]13C[C@@H]4[C@H](C)CC[C@H]4[C@@]4(C=O)C[C@@H]1C=C(C(C)C)[C@@]34C(=O)OCOC(=O)C(C)(C)C)O[C@@H]2C. The van der Waals surface area contributed by atoms with Gasteiger partial charge in [0.2, 0.25) is 6.79 Å². The fourth-order valence-corrected chi connectivity index (χ4v) is 10.4. The number of hydrogen-bond acceptors (Lipinski definition) is 8. The van der Waals surface area contributed by atoms with Gasteiger partial charge >= 0.3 is 11.9 Å². The van der Waals surface area contributed by atoms with Crippen LogP contribution in [0, 0.1) is 57.2 Å². The first-order chi connectivity index (χ1) is 20.2. The average Bonchev–Trinajstić information content (AvgIpc) is 3.64. The van der Waals surface area contributed by atoms with Crippen LogP contribution in [0.5, 0.6) is 0 Å². The van der Waals surface area contributed by atoms with E-state index >= 15 is 0 Å². The predicted molar refractivity (Wildman–Crippen MR) is 158 cm³/mol. The van der Waals surface area contributed by atoms with Gasteiger partial charge in [0.05, 0.1) is 36.3 Å². The summed E-state index contributed by atoms with van der Waals surface area (Å²) in [5.74, 6) is 0.153. The van der Waals surface area contributed by atoms with Crippen molar-refractivity contribution >= 4 is 18.2 Å². The van der Waals surface area contributed by atoms with E-state index in [4.69, 9.17) is 23.7 Å². The summed E-state index contributed by atoms with van der Waals surface area (Å²) < 4.78 is 30.4. The molecule has 2 aliphatic heterocycles. The van der Waals surface area contributed by atoms with Crippen LogP contribution >= 0.6 is 0 Å². The lowest BCUT2D eigenvalue weighted by molar-refractivity contribution is -0.250. The fraction of sp³-hybridized carbons (Fsp3) is 0.800. The molecule has 6 rings (SSSR count). The first-order valence-electron chi connectivity index (χ1n) is 16.3. The summed E-state index contributed by atoms with van der Waals surface area (Å²) >= 11 is 0. The topological polar surface area (TPSA) is 97.4 Å². The van der Waals surface area contributed by atoms with E-state index < -0.39 is 46.7 Å². The molecule has 8 heteroatoms. The third kappa shape index (κ3) is 4.21. The Bertz CT molecular complexity index is 1210. The van der Waals surface area contributed by atoms with Gasteiger partial charge in [-0.3, -0.25) is 9.59 Å². The van der Waals surface area contributed by atoms with Gasteiger partial charge in [0.1, 0.15) is 11.7 Å². The second kappa shape index (κ2) is 10.5. The molecule has 0 aromatic heterocycles. The van der Waals surface area contributed by atoms with E-state index in [-0.39, 0.29) is 42.5 Å². The van der Waals surface area contributed by atoms with Gasteiger partial charge in [-0.1, -0.05) is 45.4 Å². The Balaban J connectivity index is 1.37. The maximum Gasteiger partial charge on any atom is 0.320 e. The van der Waals surface area contributed by atoms with Crippen molar-refractivity contribution in [3.8, 4) is 0 Å². The summed E-state index contributed by atoms with van der Waals surface area (Å²) in [7, 11) is 0. The van der Waals surface area contributed by atoms with E-state index in [0.717, 1.165) is 36.7 Å². The van der Waals surface area contributed by atoms with Gasteiger partial charge in [0.25, 0.3) is 0 Å². The van der Waals surface area contributed by atoms with Crippen molar-refractivity contribution in [2.75, 3.05) is 20.0 Å². The molecule has 0 aromatic rings. The van der Waals surface area contributed by atoms with Crippen molar-refractivity contribution in [1.29, 1.82) is 0 Å². The summed E-state index contributed by atoms with van der Waals surface area (Å²) in [4.78, 5) is 40.9. The Morgan fingerprint density at radius 3 is 2.58 bits per heavy atom. The number of carbonyl (C=O) groups excluding carboxylic acids is 3. The minimum Gasteiger partial charge on any atom is -0.427 e. The van der Waals surface area contributed by atoms with Crippen molar-refractivity contribution in [3.05, 3.63) is 23.8 Å². The second-order valence-electron chi connectivity index (χ2n) is 15.8. The molecular formula is C35H50O8. The van der Waals surface area contributed by atoms with E-state index in [2.05, 4.69) is 33.4 Å². The largest absolute Gasteiger partial charge is 0.427 e. The summed E-state index contributed by atoms with van der Waals surface area (Å²) in [6.45, 7) is 18.4. The molecule has 238 valence electrons. The molecule has 6 aliphatic rings. The molecule has 0 amide bonds. The number of aldehydes is 1. The van der Waals surface area contributed by atoms with Gasteiger partial charge in [-0.05, 0) is 82.1 Å². The summed E-state index contributed by atoms with van der Waals surface area (Å²) in [6, 6.07) is 0. The Kier molecular flexibility index (Phi) is 7.58. The molecule has 3 saturated carbocycles. The van der Waals surface area contributed by atoms with Crippen molar-refractivity contribution in [1.82, 2.24) is 0 Å². The lowest BCUT2D eigenvalue weighted by atomic mass is 9.43. The third-order valence-corrected chi connectivity index (χ3v) is 12.3. The van der Waals surface area contributed by atoms with Crippen LogP contribution in [-0.4, -0.2) is 56.7 Å². The highest BCUT2D eigenvalue weighted by Crippen LogP contribution is 2.83. The lowest BCUT2D eigenvalue weighted by Gasteiger charge is -2.59. The molecular weight excluding hydrogens is 548 g/mol. The predicted octanol–water partition coefficient (Wildman–Crippen LogP) is 5.64. The molecule has 5 fully saturated rings. The third-order valence-electron chi connectivity index (χ3n) is 12.3. The van der Waals surface area contributed by atoms with Crippen molar-refractivity contribution < 1.29 is 38.1 Å². The fourth-order valence-electron chi connectivity index (χ4n) is 10.4. The maximum atomic E-state index is 14.8. The normalized spacial score (nSPS) is 44.7. The zero-order valence-corrected chi connectivity index (χ0v) is 27.0. The number of rotatable bonds is 8. The van der Waals surface area contributed by atoms with Crippen LogP contribution in [0.2, 0.25) is 0 Å². The monoisotopic (exact) mass is 598 g/mol. The molecule has 0 radical (unpaired) electrons. The molecule has 2 heterocycles. The molecule has 8 nitrogen and oxygen atoms in total. The Hall–Kier alpha value is -2.03. The molecule has 4 bridgehead atoms. The summed E-state index contributed by atoms with van der Waals surface area (Å²) in [6.07, 6.45) is 6.76. The van der Waals surface area contributed by atoms with Crippen LogP contribution in [0.15, 0.2) is 23.8 Å². The van der Waals surface area contributed by atoms with E-state index in [9.17, 15) is 14.4 Å². The Morgan fingerprint density at radius 2 is 1.91 bits per heavy atom. The Morgan fingerprint density at radius 1 is 1.16 bits per heavy atom. The van der Waals surface area contributed by atoms with Gasteiger partial charge in [0, 0.05) is 17.8 Å². The highest BCUT2D eigenvalue weighted by atomic mass is 16.7. The Labute approximate surface area is 256 Å². The molecule has 2 saturated heterocycles. The number of hydrogen-bond donors (Lipinski definition) is 0. The van der Waals surface area contributed by atoms with Crippen LogP contribution in [0.4, 0.5) is 0 Å². The molecule has 4 aliphatic carbocycles. The van der Waals surface area contributed by atoms with Crippen molar-refractivity contribution in [2.45, 2.75) is 99.1 Å². The first-order valence-corrected chi connectivity index (χ1v) is 16.3. The first kappa shape index (κ1) is 31.0. The minimum absolute atomic E-state index is 0.00360. The van der Waals surface area contributed by atoms with Crippen LogP contribution in [0.1, 0.15) is 80.6 Å². The number of esters is 2. The quantitative estimate of drug-likeness (QED) is 0.153. The van der Waals surface area contributed by atoms with Crippen molar-refractivity contribution in [3.63, 3.8) is 0 Å².